The molecule has 196 valence electrons. The number of benzene rings is 1. The standard InChI is InChI=1S/C25H23F3N8O2/c1-13(15-3-2-4-16(20(15)26)21(27)28)32-22-18-9-17(24-34-31-12-36(24)23(18)30-11-29-22)14-5-7-35(8-6-14)25-33-19(37)10-38-25/h2-4,9,11-14,21H,5-8,10H2,1H3,(H,29,30,32)/t13-/m1/s1. The Labute approximate surface area is 214 Å². The number of carbonyl (C=O) groups is 1. The van der Waals surface area contributed by atoms with Gasteiger partial charge >= 0.3 is 0 Å². The maximum atomic E-state index is 14.8. The van der Waals surface area contributed by atoms with Crippen molar-refractivity contribution >= 4 is 34.4 Å². The SMILES string of the molecule is C[C@@H](Nc1ncnc2c1cc(C1CCN(C3=NC(=O)CO3)CC1)c1nncn12)c1cccc(C(F)F)c1F. The highest BCUT2D eigenvalue weighted by Gasteiger charge is 2.29. The Hall–Kier alpha value is -4.29. The number of hydrogen-bond donors (Lipinski definition) is 1. The quantitative estimate of drug-likeness (QED) is 0.417. The number of piperidine rings is 1. The van der Waals surface area contributed by atoms with Crippen LogP contribution in [0.2, 0.25) is 0 Å². The van der Waals surface area contributed by atoms with Crippen LogP contribution in [0, 0.1) is 5.82 Å². The van der Waals surface area contributed by atoms with Gasteiger partial charge in [0.2, 0.25) is 0 Å². The van der Waals surface area contributed by atoms with Crippen molar-refractivity contribution in [1.82, 2.24) is 29.5 Å². The smallest absolute Gasteiger partial charge is 0.295 e. The molecule has 2 aliphatic rings. The molecule has 1 amide bonds. The first-order valence-electron chi connectivity index (χ1n) is 12.2. The minimum atomic E-state index is -2.91. The Morgan fingerprint density at radius 3 is 2.66 bits per heavy atom. The highest BCUT2D eigenvalue weighted by molar-refractivity contribution is 5.96. The number of rotatable bonds is 5. The molecule has 6 rings (SSSR count). The van der Waals surface area contributed by atoms with Crippen LogP contribution in [0.5, 0.6) is 0 Å². The molecular weight excluding hydrogens is 501 g/mol. The van der Waals surface area contributed by atoms with E-state index in [1.807, 2.05) is 11.0 Å². The van der Waals surface area contributed by atoms with E-state index in [9.17, 15) is 18.0 Å². The molecule has 0 unspecified atom stereocenters. The number of aliphatic imine (C=N–C) groups is 1. The summed E-state index contributed by atoms with van der Waals surface area (Å²) < 4.78 is 48.5. The van der Waals surface area contributed by atoms with Crippen LogP contribution >= 0.6 is 0 Å². The molecule has 0 bridgehead atoms. The number of amidine groups is 1. The van der Waals surface area contributed by atoms with E-state index in [2.05, 4.69) is 30.5 Å². The van der Waals surface area contributed by atoms with Crippen LogP contribution in [0.1, 0.15) is 54.8 Å². The molecule has 2 aliphatic heterocycles. The number of fused-ring (bicyclic) bond motifs is 3. The molecule has 0 aliphatic carbocycles. The van der Waals surface area contributed by atoms with E-state index in [4.69, 9.17) is 4.74 Å². The molecule has 1 fully saturated rings. The summed E-state index contributed by atoms with van der Waals surface area (Å²) in [7, 11) is 0. The number of nitrogens with zero attached hydrogens (tertiary/aromatic N) is 7. The summed E-state index contributed by atoms with van der Waals surface area (Å²) in [5.41, 5.74) is 1.67. The number of likely N-dealkylation sites (tertiary alicyclic amines) is 1. The number of alkyl halides is 2. The van der Waals surface area contributed by atoms with Gasteiger partial charge in [0.1, 0.15) is 24.3 Å². The third-order valence-electron chi connectivity index (χ3n) is 7.06. The van der Waals surface area contributed by atoms with Crippen molar-refractivity contribution in [3.05, 3.63) is 59.4 Å². The van der Waals surface area contributed by atoms with Crippen LogP contribution in [0.15, 0.2) is 41.9 Å². The normalized spacial score (nSPS) is 17.3. The van der Waals surface area contributed by atoms with Crippen LogP contribution < -0.4 is 5.32 Å². The zero-order valence-corrected chi connectivity index (χ0v) is 20.3. The molecule has 0 radical (unpaired) electrons. The summed E-state index contributed by atoms with van der Waals surface area (Å²) in [5, 5.41) is 12.3. The zero-order valence-electron chi connectivity index (χ0n) is 20.3. The fraction of sp³-hybridized carbons (Fsp3) is 0.360. The summed E-state index contributed by atoms with van der Waals surface area (Å²) in [6.45, 7) is 2.98. The van der Waals surface area contributed by atoms with E-state index >= 15 is 0 Å². The van der Waals surface area contributed by atoms with Gasteiger partial charge in [-0.1, -0.05) is 18.2 Å². The van der Waals surface area contributed by atoms with Gasteiger partial charge in [0.15, 0.2) is 17.9 Å². The summed E-state index contributed by atoms with van der Waals surface area (Å²) >= 11 is 0. The number of hydrogen-bond acceptors (Lipinski definition) is 8. The first-order chi connectivity index (χ1) is 18.4. The molecule has 13 heteroatoms. The molecule has 3 aromatic heterocycles. The number of aromatic nitrogens is 5. The van der Waals surface area contributed by atoms with Crippen LogP contribution in [0.3, 0.4) is 0 Å². The number of ether oxygens (including phenoxy) is 1. The van der Waals surface area contributed by atoms with Crippen molar-refractivity contribution in [3.63, 3.8) is 0 Å². The largest absolute Gasteiger partial charge is 0.455 e. The highest BCUT2D eigenvalue weighted by atomic mass is 19.3. The van der Waals surface area contributed by atoms with Gasteiger partial charge in [0.25, 0.3) is 18.4 Å². The number of pyridine rings is 1. The first-order valence-corrected chi connectivity index (χ1v) is 12.2. The average Bonchev–Trinajstić information content (AvgIpc) is 3.58. The molecular formula is C25H23F3N8O2. The van der Waals surface area contributed by atoms with Crippen LogP contribution in [0.25, 0.3) is 16.7 Å². The molecule has 1 aromatic carbocycles. The second-order valence-electron chi connectivity index (χ2n) is 9.34. The van der Waals surface area contributed by atoms with Crippen molar-refractivity contribution < 1.29 is 22.7 Å². The predicted molar refractivity (Wildman–Crippen MR) is 131 cm³/mol. The second kappa shape index (κ2) is 9.54. The van der Waals surface area contributed by atoms with E-state index in [0.717, 1.165) is 24.5 Å². The zero-order chi connectivity index (χ0) is 26.4. The van der Waals surface area contributed by atoms with E-state index in [1.54, 1.807) is 17.7 Å². The van der Waals surface area contributed by atoms with E-state index in [1.165, 1.54) is 18.5 Å². The first kappa shape index (κ1) is 24.1. The minimum absolute atomic E-state index is 0.0230. The molecule has 0 spiro atoms. The van der Waals surface area contributed by atoms with Gasteiger partial charge in [0.05, 0.1) is 17.0 Å². The topological polar surface area (TPSA) is 110 Å². The molecule has 0 saturated carbocycles. The van der Waals surface area contributed by atoms with Crippen LogP contribution in [-0.2, 0) is 9.53 Å². The Morgan fingerprint density at radius 2 is 1.92 bits per heavy atom. The lowest BCUT2D eigenvalue weighted by atomic mass is 9.89. The van der Waals surface area contributed by atoms with Crippen molar-refractivity contribution in [2.75, 3.05) is 25.0 Å². The van der Waals surface area contributed by atoms with E-state index < -0.39 is 23.8 Å². The average molecular weight is 525 g/mol. The monoisotopic (exact) mass is 524 g/mol. The molecule has 38 heavy (non-hydrogen) atoms. The number of halogens is 3. The van der Waals surface area contributed by atoms with Gasteiger partial charge in [-0.25, -0.2) is 23.1 Å². The van der Waals surface area contributed by atoms with Gasteiger partial charge in [-0.05, 0) is 31.7 Å². The lowest BCUT2D eigenvalue weighted by molar-refractivity contribution is -0.118. The number of nitrogens with one attached hydrogen (secondary N) is 1. The summed E-state index contributed by atoms with van der Waals surface area (Å²) in [6.07, 6.45) is 1.58. The molecule has 4 aromatic rings. The van der Waals surface area contributed by atoms with E-state index in [-0.39, 0.29) is 24.0 Å². The van der Waals surface area contributed by atoms with Gasteiger partial charge in [0, 0.05) is 24.2 Å². The Kier molecular flexibility index (Phi) is 6.04. The van der Waals surface area contributed by atoms with Gasteiger partial charge in [-0.15, -0.1) is 10.2 Å². The van der Waals surface area contributed by atoms with Crippen molar-refractivity contribution in [2.24, 2.45) is 4.99 Å². The fourth-order valence-electron chi connectivity index (χ4n) is 5.13. The fourth-order valence-corrected chi connectivity index (χ4v) is 5.13. The highest BCUT2D eigenvalue weighted by Crippen LogP contribution is 2.35. The molecule has 1 saturated heterocycles. The van der Waals surface area contributed by atoms with Gasteiger partial charge in [-0.3, -0.25) is 9.20 Å². The minimum Gasteiger partial charge on any atom is -0.455 e. The second-order valence-corrected chi connectivity index (χ2v) is 9.34. The third-order valence-corrected chi connectivity index (χ3v) is 7.06. The lowest BCUT2D eigenvalue weighted by Gasteiger charge is -2.32. The lowest BCUT2D eigenvalue weighted by Crippen LogP contribution is -2.38. The maximum absolute atomic E-state index is 14.8. The molecule has 1 N–H and O–H groups in total. The Bertz CT molecular complexity index is 1570. The number of anilines is 1. The maximum Gasteiger partial charge on any atom is 0.295 e. The van der Waals surface area contributed by atoms with Crippen molar-refractivity contribution in [3.8, 4) is 0 Å². The van der Waals surface area contributed by atoms with Gasteiger partial charge in [-0.2, -0.15) is 4.99 Å². The summed E-state index contributed by atoms with van der Waals surface area (Å²) in [4.78, 5) is 26.2. The van der Waals surface area contributed by atoms with Crippen molar-refractivity contribution in [1.29, 1.82) is 0 Å². The number of carbonyl (C=O) groups excluding carboxylic acids is 1. The third kappa shape index (κ3) is 4.17. The molecule has 10 nitrogen and oxygen atoms in total. The Balaban J connectivity index is 1.33. The van der Waals surface area contributed by atoms with E-state index in [0.29, 0.717) is 41.6 Å². The number of amides is 1. The van der Waals surface area contributed by atoms with Crippen molar-refractivity contribution in [2.45, 2.75) is 38.2 Å². The molecule has 1 atom stereocenters. The van der Waals surface area contributed by atoms with Crippen LogP contribution in [0.4, 0.5) is 19.0 Å². The van der Waals surface area contributed by atoms with Gasteiger partial charge < -0.3 is 15.0 Å². The Morgan fingerprint density at radius 1 is 1.13 bits per heavy atom. The summed E-state index contributed by atoms with van der Waals surface area (Å²) in [6, 6.07) is 5.67. The summed E-state index contributed by atoms with van der Waals surface area (Å²) in [5.74, 6) is -0.652. The molecule has 5 heterocycles. The van der Waals surface area contributed by atoms with Crippen LogP contribution in [-0.4, -0.2) is 61.1 Å². The predicted octanol–water partition coefficient (Wildman–Crippen LogP) is 4.01.